The smallest absolute Gasteiger partial charge is 0.225 e. The summed E-state index contributed by atoms with van der Waals surface area (Å²) >= 11 is 0. The molecule has 2 aromatic carbocycles. The molecule has 36 heavy (non-hydrogen) atoms. The number of aromatic nitrogens is 1. The topological polar surface area (TPSA) is 88.2 Å². The Labute approximate surface area is 214 Å². The van der Waals surface area contributed by atoms with Crippen LogP contribution in [0.1, 0.15) is 64.4 Å². The van der Waals surface area contributed by atoms with Gasteiger partial charge >= 0.3 is 0 Å². The Morgan fingerprint density at radius 1 is 1.00 bits per heavy atom. The molecule has 5 nitrogen and oxygen atoms in total. The lowest BCUT2D eigenvalue weighted by Gasteiger charge is -2.49. The van der Waals surface area contributed by atoms with Crippen molar-refractivity contribution < 1.29 is 9.90 Å². The number of hydrogen-bond acceptors (Lipinski definition) is 4. The number of hydrogen-bond donors (Lipinski definition) is 3. The van der Waals surface area contributed by atoms with Gasteiger partial charge in [0.2, 0.25) is 5.91 Å². The van der Waals surface area contributed by atoms with E-state index in [0.717, 1.165) is 46.6 Å². The van der Waals surface area contributed by atoms with Gasteiger partial charge in [-0.3, -0.25) is 4.79 Å². The predicted molar refractivity (Wildman–Crippen MR) is 145 cm³/mol. The average molecular weight is 484 g/mol. The molecule has 1 amide bonds. The van der Waals surface area contributed by atoms with Gasteiger partial charge < -0.3 is 16.2 Å². The van der Waals surface area contributed by atoms with Crippen LogP contribution in [0.5, 0.6) is 0 Å². The van der Waals surface area contributed by atoms with Gasteiger partial charge in [0, 0.05) is 23.7 Å². The van der Waals surface area contributed by atoms with Crippen LogP contribution in [0.25, 0.3) is 22.3 Å². The number of rotatable bonds is 6. The Morgan fingerprint density at radius 3 is 2.28 bits per heavy atom. The van der Waals surface area contributed by atoms with Crippen molar-refractivity contribution in [3.05, 3.63) is 72.4 Å². The monoisotopic (exact) mass is 483 g/mol. The molecule has 0 radical (unpaired) electrons. The van der Waals surface area contributed by atoms with E-state index in [1.54, 1.807) is 0 Å². The molecule has 2 aliphatic rings. The Bertz CT molecular complexity index is 1200. The molecule has 1 heterocycles. The van der Waals surface area contributed by atoms with Gasteiger partial charge in [0.25, 0.3) is 0 Å². The first-order valence-electron chi connectivity index (χ1n) is 13.2. The number of carbonyl (C=O) groups excluding carboxylic acids is 1. The lowest BCUT2D eigenvalue weighted by molar-refractivity contribution is -0.117. The quantitative estimate of drug-likeness (QED) is 0.386. The Hall–Kier alpha value is -3.02. The number of aliphatic hydroxyl groups is 1. The molecule has 0 spiro atoms. The molecule has 5 heteroatoms. The number of anilines is 1. The molecule has 4 N–H and O–H groups in total. The van der Waals surface area contributed by atoms with Crippen LogP contribution in [0.3, 0.4) is 0 Å². The summed E-state index contributed by atoms with van der Waals surface area (Å²) in [7, 11) is 0. The van der Waals surface area contributed by atoms with E-state index < -0.39 is 11.1 Å². The minimum atomic E-state index is -0.687. The van der Waals surface area contributed by atoms with Gasteiger partial charge in [0.15, 0.2) is 0 Å². The van der Waals surface area contributed by atoms with Gasteiger partial charge in [-0.05, 0) is 72.8 Å². The van der Waals surface area contributed by atoms with Crippen LogP contribution in [-0.4, -0.2) is 21.6 Å². The molecule has 2 fully saturated rings. The SMILES string of the molecule is CC1CCC(CC(=O)Nc2cc(-c3ccccc3)c(-c3ccc(C4(N)CC(C)(O)C4)cc3)cn2)CC1. The summed E-state index contributed by atoms with van der Waals surface area (Å²) in [6.45, 7) is 4.13. The third kappa shape index (κ3) is 5.37. The molecule has 0 unspecified atom stereocenters. The van der Waals surface area contributed by atoms with Crippen molar-refractivity contribution in [3.8, 4) is 22.3 Å². The van der Waals surface area contributed by atoms with Crippen LogP contribution in [0.2, 0.25) is 0 Å². The fourth-order valence-corrected chi connectivity index (χ4v) is 6.09. The maximum absolute atomic E-state index is 12.8. The summed E-state index contributed by atoms with van der Waals surface area (Å²) in [4.78, 5) is 17.4. The molecule has 0 aliphatic heterocycles. The van der Waals surface area contributed by atoms with Crippen molar-refractivity contribution in [2.45, 2.75) is 69.9 Å². The van der Waals surface area contributed by atoms with Gasteiger partial charge in [-0.2, -0.15) is 0 Å². The van der Waals surface area contributed by atoms with Crippen LogP contribution in [-0.2, 0) is 10.3 Å². The molecule has 188 valence electrons. The average Bonchev–Trinajstić information content (AvgIpc) is 2.85. The van der Waals surface area contributed by atoms with Crippen LogP contribution < -0.4 is 11.1 Å². The lowest BCUT2D eigenvalue weighted by Crippen LogP contribution is -2.58. The van der Waals surface area contributed by atoms with Gasteiger partial charge in [-0.1, -0.05) is 74.4 Å². The van der Waals surface area contributed by atoms with Crippen LogP contribution >= 0.6 is 0 Å². The fraction of sp³-hybridized carbons (Fsp3) is 0.419. The zero-order valence-corrected chi connectivity index (χ0v) is 21.3. The minimum Gasteiger partial charge on any atom is -0.390 e. The van der Waals surface area contributed by atoms with Crippen molar-refractivity contribution in [2.75, 3.05) is 5.32 Å². The van der Waals surface area contributed by atoms with E-state index in [9.17, 15) is 9.90 Å². The normalized spacial score (nSPS) is 27.8. The first-order valence-corrected chi connectivity index (χ1v) is 13.2. The van der Waals surface area contributed by atoms with E-state index in [1.165, 1.54) is 12.8 Å². The van der Waals surface area contributed by atoms with E-state index in [-0.39, 0.29) is 5.91 Å². The second-order valence-corrected chi connectivity index (χ2v) is 11.4. The van der Waals surface area contributed by atoms with Crippen molar-refractivity contribution in [2.24, 2.45) is 17.6 Å². The summed E-state index contributed by atoms with van der Waals surface area (Å²) in [5.74, 6) is 1.88. The Morgan fingerprint density at radius 2 is 1.64 bits per heavy atom. The van der Waals surface area contributed by atoms with Gasteiger partial charge in [0.05, 0.1) is 5.60 Å². The lowest BCUT2D eigenvalue weighted by atomic mass is 9.63. The van der Waals surface area contributed by atoms with E-state index >= 15 is 0 Å². The number of benzene rings is 2. The molecule has 0 atom stereocenters. The van der Waals surface area contributed by atoms with Gasteiger partial charge in [-0.25, -0.2) is 4.98 Å². The number of nitrogens with one attached hydrogen (secondary N) is 1. The highest BCUT2D eigenvalue weighted by Crippen LogP contribution is 2.46. The molecular formula is C31H37N3O2. The molecule has 5 rings (SSSR count). The fourth-order valence-electron chi connectivity index (χ4n) is 6.09. The predicted octanol–water partition coefficient (Wildman–Crippen LogP) is 6.27. The number of nitrogens with zero attached hydrogens (tertiary/aromatic N) is 1. The zero-order valence-electron chi connectivity index (χ0n) is 21.3. The summed E-state index contributed by atoms with van der Waals surface area (Å²) in [5.41, 5.74) is 10.5. The number of pyridine rings is 1. The molecule has 0 bridgehead atoms. The third-order valence-corrected chi connectivity index (χ3v) is 8.03. The largest absolute Gasteiger partial charge is 0.390 e. The Balaban J connectivity index is 1.38. The first kappa shape index (κ1) is 24.7. The van der Waals surface area contributed by atoms with Crippen LogP contribution in [0, 0.1) is 11.8 Å². The molecular weight excluding hydrogens is 446 g/mol. The molecule has 2 aliphatic carbocycles. The van der Waals surface area contributed by atoms with Crippen LogP contribution in [0.4, 0.5) is 5.82 Å². The van der Waals surface area contributed by atoms with Crippen molar-refractivity contribution in [3.63, 3.8) is 0 Å². The maximum Gasteiger partial charge on any atom is 0.225 e. The number of nitrogens with two attached hydrogens (primary N) is 1. The molecule has 3 aromatic rings. The highest BCUT2D eigenvalue weighted by Gasteiger charge is 2.49. The summed E-state index contributed by atoms with van der Waals surface area (Å²) in [6, 6.07) is 20.4. The molecule has 2 saturated carbocycles. The minimum absolute atomic E-state index is 0.0443. The van der Waals surface area contributed by atoms with Crippen molar-refractivity contribution in [1.29, 1.82) is 0 Å². The Kier molecular flexibility index (Phi) is 6.71. The zero-order chi connectivity index (χ0) is 25.3. The van der Waals surface area contributed by atoms with Crippen molar-refractivity contribution in [1.82, 2.24) is 4.98 Å². The summed E-state index contributed by atoms with van der Waals surface area (Å²) in [6.07, 6.45) is 8.23. The van der Waals surface area contributed by atoms with E-state index in [4.69, 9.17) is 5.73 Å². The highest BCUT2D eigenvalue weighted by molar-refractivity contribution is 5.92. The van der Waals surface area contributed by atoms with E-state index in [0.29, 0.717) is 31.0 Å². The van der Waals surface area contributed by atoms with Gasteiger partial charge in [0.1, 0.15) is 5.82 Å². The van der Waals surface area contributed by atoms with Gasteiger partial charge in [-0.15, -0.1) is 0 Å². The third-order valence-electron chi connectivity index (χ3n) is 8.03. The van der Waals surface area contributed by atoms with E-state index in [2.05, 4.69) is 53.6 Å². The molecule has 1 aromatic heterocycles. The van der Waals surface area contributed by atoms with Crippen LogP contribution in [0.15, 0.2) is 66.9 Å². The standard InChI is InChI=1S/C31H37N3O2/c1-21-8-10-22(11-9-21)16-29(35)34-28-17-26(23-6-4-3-5-7-23)27(18-33-28)24-12-14-25(15-13-24)31(32)19-30(2,36)20-31/h3-7,12-15,17-18,21-22,36H,8-11,16,19-20,32H2,1-2H3,(H,33,34,35). The molecule has 0 saturated heterocycles. The summed E-state index contributed by atoms with van der Waals surface area (Å²) < 4.78 is 0. The number of carbonyl (C=O) groups is 1. The van der Waals surface area contributed by atoms with E-state index in [1.807, 2.05) is 37.4 Å². The second kappa shape index (κ2) is 9.79. The second-order valence-electron chi connectivity index (χ2n) is 11.4. The first-order chi connectivity index (χ1) is 17.2. The summed E-state index contributed by atoms with van der Waals surface area (Å²) in [5, 5.41) is 13.2. The maximum atomic E-state index is 12.8. The van der Waals surface area contributed by atoms with Crippen molar-refractivity contribution >= 4 is 11.7 Å². The highest BCUT2D eigenvalue weighted by atomic mass is 16.3. The number of amides is 1.